The number of hydrogen-bond donors (Lipinski definition) is 2. The molecule has 0 radical (unpaired) electrons. The molecule has 1 unspecified atom stereocenters. The number of thiophene rings is 1. The van der Waals surface area contributed by atoms with E-state index < -0.39 is 0 Å². The lowest BCUT2D eigenvalue weighted by Gasteiger charge is -2.16. The van der Waals surface area contributed by atoms with Crippen molar-refractivity contribution in [3.05, 3.63) is 48.5 Å². The lowest BCUT2D eigenvalue weighted by Crippen LogP contribution is -2.13. The number of nitrogens with one attached hydrogen (secondary N) is 1. The molecule has 0 saturated heterocycles. The van der Waals surface area contributed by atoms with E-state index in [9.17, 15) is 5.11 Å². The SMILES string of the molecule is OCC(Nc1cccc(Cl)c1)c1cc(Br)c(Br)s1. The van der Waals surface area contributed by atoms with Crippen LogP contribution in [0.5, 0.6) is 0 Å². The Labute approximate surface area is 131 Å². The molecule has 0 bridgehead atoms. The van der Waals surface area contributed by atoms with Gasteiger partial charge in [0.15, 0.2) is 0 Å². The molecular weight excluding hydrogens is 401 g/mol. The molecule has 6 heteroatoms. The Bertz CT molecular complexity index is 527. The van der Waals surface area contributed by atoms with Crippen LogP contribution in [-0.4, -0.2) is 11.7 Å². The van der Waals surface area contributed by atoms with Crippen molar-refractivity contribution in [1.29, 1.82) is 0 Å². The Kier molecular flexibility index (Phi) is 5.09. The van der Waals surface area contributed by atoms with Crippen LogP contribution in [0.1, 0.15) is 10.9 Å². The summed E-state index contributed by atoms with van der Waals surface area (Å²) in [5.74, 6) is 0. The summed E-state index contributed by atoms with van der Waals surface area (Å²) in [5.41, 5.74) is 0.891. The zero-order chi connectivity index (χ0) is 13.1. The van der Waals surface area contributed by atoms with E-state index in [1.807, 2.05) is 30.3 Å². The van der Waals surface area contributed by atoms with Gasteiger partial charge in [-0.1, -0.05) is 17.7 Å². The topological polar surface area (TPSA) is 32.3 Å². The first kappa shape index (κ1) is 14.3. The van der Waals surface area contributed by atoms with Crippen LogP contribution in [0.2, 0.25) is 5.02 Å². The fraction of sp³-hybridized carbons (Fsp3) is 0.167. The maximum Gasteiger partial charge on any atom is 0.0844 e. The molecule has 2 aromatic rings. The Morgan fingerprint density at radius 2 is 2.11 bits per heavy atom. The summed E-state index contributed by atoms with van der Waals surface area (Å²) in [6, 6.07) is 9.30. The van der Waals surface area contributed by atoms with Crippen LogP contribution >= 0.6 is 54.8 Å². The third-order valence-electron chi connectivity index (χ3n) is 2.36. The minimum absolute atomic E-state index is 0.0197. The van der Waals surface area contributed by atoms with Gasteiger partial charge in [0, 0.05) is 20.1 Å². The number of rotatable bonds is 4. The first-order valence-corrected chi connectivity index (χ1v) is 7.96. The van der Waals surface area contributed by atoms with Gasteiger partial charge in [0.25, 0.3) is 0 Å². The molecular formula is C12H10Br2ClNOS. The fourth-order valence-electron chi connectivity index (χ4n) is 1.52. The Balaban J connectivity index is 2.19. The van der Waals surface area contributed by atoms with Crippen molar-refractivity contribution in [1.82, 2.24) is 0 Å². The van der Waals surface area contributed by atoms with Gasteiger partial charge in [-0.15, -0.1) is 11.3 Å². The number of aliphatic hydroxyl groups is 1. The number of aliphatic hydroxyl groups excluding tert-OH is 1. The lowest BCUT2D eigenvalue weighted by molar-refractivity contribution is 0.278. The maximum absolute atomic E-state index is 9.49. The Morgan fingerprint density at radius 3 is 2.67 bits per heavy atom. The van der Waals surface area contributed by atoms with Crippen molar-refractivity contribution in [2.24, 2.45) is 0 Å². The smallest absolute Gasteiger partial charge is 0.0844 e. The predicted molar refractivity (Wildman–Crippen MR) is 84.6 cm³/mol. The standard InChI is InChI=1S/C12H10Br2ClNOS/c13-9-5-11(18-12(9)14)10(6-17)16-8-3-1-2-7(15)4-8/h1-5,10,16-17H,6H2. The van der Waals surface area contributed by atoms with Crippen LogP contribution in [-0.2, 0) is 0 Å². The van der Waals surface area contributed by atoms with E-state index in [4.69, 9.17) is 11.6 Å². The first-order chi connectivity index (χ1) is 8.60. The molecule has 0 saturated carbocycles. The molecule has 18 heavy (non-hydrogen) atoms. The normalized spacial score (nSPS) is 12.4. The molecule has 2 rings (SSSR count). The van der Waals surface area contributed by atoms with E-state index in [2.05, 4.69) is 37.2 Å². The molecule has 0 fully saturated rings. The highest BCUT2D eigenvalue weighted by Crippen LogP contribution is 2.36. The van der Waals surface area contributed by atoms with Gasteiger partial charge in [0.05, 0.1) is 16.4 Å². The highest BCUT2D eigenvalue weighted by atomic mass is 79.9. The van der Waals surface area contributed by atoms with Crippen LogP contribution in [0.3, 0.4) is 0 Å². The van der Waals surface area contributed by atoms with E-state index in [0.29, 0.717) is 5.02 Å². The van der Waals surface area contributed by atoms with Crippen molar-refractivity contribution < 1.29 is 5.11 Å². The molecule has 0 spiro atoms. The number of anilines is 1. The zero-order valence-corrected chi connectivity index (χ0v) is 13.9. The molecule has 2 nitrogen and oxygen atoms in total. The lowest BCUT2D eigenvalue weighted by atomic mass is 10.2. The summed E-state index contributed by atoms with van der Waals surface area (Å²) in [4.78, 5) is 1.05. The molecule has 0 aliphatic rings. The van der Waals surface area contributed by atoms with Crippen LogP contribution in [0.15, 0.2) is 38.6 Å². The van der Waals surface area contributed by atoms with Crippen molar-refractivity contribution >= 4 is 60.5 Å². The summed E-state index contributed by atoms with van der Waals surface area (Å²) in [6.07, 6.45) is 0. The summed E-state index contributed by atoms with van der Waals surface area (Å²) >= 11 is 14.4. The fourth-order valence-corrected chi connectivity index (χ4v) is 3.84. The van der Waals surface area contributed by atoms with Gasteiger partial charge in [0.1, 0.15) is 0 Å². The summed E-state index contributed by atoms with van der Waals surface area (Å²) < 4.78 is 2.01. The first-order valence-electron chi connectivity index (χ1n) is 5.18. The third kappa shape index (κ3) is 3.48. The molecule has 0 aliphatic carbocycles. The number of hydrogen-bond acceptors (Lipinski definition) is 3. The molecule has 2 N–H and O–H groups in total. The number of benzene rings is 1. The van der Waals surface area contributed by atoms with Gasteiger partial charge >= 0.3 is 0 Å². The second-order valence-electron chi connectivity index (χ2n) is 3.66. The zero-order valence-electron chi connectivity index (χ0n) is 9.16. The van der Waals surface area contributed by atoms with Crippen molar-refractivity contribution in [3.63, 3.8) is 0 Å². The van der Waals surface area contributed by atoms with Crippen molar-refractivity contribution in [3.8, 4) is 0 Å². The highest BCUT2D eigenvalue weighted by Gasteiger charge is 2.15. The molecule has 1 heterocycles. The number of halogens is 3. The highest BCUT2D eigenvalue weighted by molar-refractivity contribution is 9.13. The Morgan fingerprint density at radius 1 is 1.33 bits per heavy atom. The van der Waals surface area contributed by atoms with Gasteiger partial charge in [-0.05, 0) is 56.1 Å². The van der Waals surface area contributed by atoms with E-state index in [-0.39, 0.29) is 12.6 Å². The molecule has 1 atom stereocenters. The second-order valence-corrected chi connectivity index (χ2v) is 7.35. The van der Waals surface area contributed by atoms with Gasteiger partial charge in [-0.3, -0.25) is 0 Å². The van der Waals surface area contributed by atoms with Crippen LogP contribution in [0, 0.1) is 0 Å². The van der Waals surface area contributed by atoms with E-state index in [0.717, 1.165) is 18.8 Å². The maximum atomic E-state index is 9.49. The van der Waals surface area contributed by atoms with Gasteiger partial charge < -0.3 is 10.4 Å². The minimum atomic E-state index is -0.143. The molecule has 1 aromatic heterocycles. The summed E-state index contributed by atoms with van der Waals surface area (Å²) in [7, 11) is 0. The van der Waals surface area contributed by atoms with Crippen LogP contribution in [0.25, 0.3) is 0 Å². The average Bonchev–Trinajstić information content (AvgIpc) is 2.66. The van der Waals surface area contributed by atoms with Crippen LogP contribution < -0.4 is 5.32 Å². The summed E-state index contributed by atoms with van der Waals surface area (Å²) in [6.45, 7) is 0.0197. The monoisotopic (exact) mass is 409 g/mol. The predicted octanol–water partition coefficient (Wildman–Crippen LogP) is 5.07. The third-order valence-corrected chi connectivity index (χ3v) is 5.96. The quantitative estimate of drug-likeness (QED) is 0.736. The van der Waals surface area contributed by atoms with Gasteiger partial charge in [0.2, 0.25) is 0 Å². The molecule has 0 aliphatic heterocycles. The molecule has 1 aromatic carbocycles. The van der Waals surface area contributed by atoms with Crippen molar-refractivity contribution in [2.45, 2.75) is 6.04 Å². The Hall–Kier alpha value is -0.0700. The molecule has 96 valence electrons. The van der Waals surface area contributed by atoms with Gasteiger partial charge in [-0.25, -0.2) is 0 Å². The van der Waals surface area contributed by atoms with Crippen LogP contribution in [0.4, 0.5) is 5.69 Å². The van der Waals surface area contributed by atoms with Crippen molar-refractivity contribution in [2.75, 3.05) is 11.9 Å². The average molecular weight is 412 g/mol. The molecule has 0 amide bonds. The largest absolute Gasteiger partial charge is 0.394 e. The van der Waals surface area contributed by atoms with Gasteiger partial charge in [-0.2, -0.15) is 0 Å². The van der Waals surface area contributed by atoms with E-state index in [1.54, 1.807) is 11.3 Å². The van der Waals surface area contributed by atoms with E-state index in [1.165, 1.54) is 0 Å². The van der Waals surface area contributed by atoms with E-state index >= 15 is 0 Å². The second kappa shape index (κ2) is 6.39. The summed E-state index contributed by atoms with van der Waals surface area (Å²) in [5, 5.41) is 13.4. The minimum Gasteiger partial charge on any atom is -0.394 e.